The van der Waals surface area contributed by atoms with Crippen LogP contribution in [0.3, 0.4) is 0 Å². The van der Waals surface area contributed by atoms with Gasteiger partial charge in [0.25, 0.3) is 0 Å². The summed E-state index contributed by atoms with van der Waals surface area (Å²) < 4.78 is 21.3. The van der Waals surface area contributed by atoms with Gasteiger partial charge in [-0.25, -0.2) is 0 Å². The molecule has 0 spiro atoms. The Morgan fingerprint density at radius 2 is 1.55 bits per heavy atom. The van der Waals surface area contributed by atoms with Crippen molar-refractivity contribution in [3.05, 3.63) is 93.5 Å². The Morgan fingerprint density at radius 3 is 2.20 bits per heavy atom. The number of ether oxygens (including phenoxy) is 2. The van der Waals surface area contributed by atoms with Gasteiger partial charge in [-0.15, -0.1) is 0 Å². The predicted octanol–water partition coefficient (Wildman–Crippen LogP) is 7.45. The molecule has 264 valence electrons. The summed E-state index contributed by atoms with van der Waals surface area (Å²) in [7, 11) is 0. The van der Waals surface area contributed by atoms with Gasteiger partial charge in [0.2, 0.25) is 11.8 Å². The molecule has 8 rings (SSSR count). The number of H-pyrrole nitrogens is 2. The fourth-order valence-corrected chi connectivity index (χ4v) is 7.96. The standard InChI is InChI=1S/C38H39ClN6O5S/c1-4-27-12-26(44-50-27)20-49-34-14-33-22(11-31(34)39)10-25(43-33)18-41-36(47)38(3)16-30(38)29-15-37(29,2)35(46)40-17-24-9-21-5-6-28(13-32(21)42-24)48-19-23-7-8-51-45-23/h5-14,29-30,42-43H,4,15-20H2,1-3H3,(H,40,46)(H,41,47). The second-order valence-electron chi connectivity index (χ2n) is 14.2. The smallest absolute Gasteiger partial charge is 0.226 e. The molecule has 13 heteroatoms. The number of halogens is 1. The summed E-state index contributed by atoms with van der Waals surface area (Å²) >= 11 is 7.92. The van der Waals surface area contributed by atoms with Crippen LogP contribution >= 0.6 is 23.1 Å². The van der Waals surface area contributed by atoms with Crippen molar-refractivity contribution in [1.82, 2.24) is 30.1 Å². The summed E-state index contributed by atoms with van der Waals surface area (Å²) in [5, 5.41) is 14.7. The molecular formula is C38H39ClN6O5S. The van der Waals surface area contributed by atoms with Gasteiger partial charge in [-0.05, 0) is 78.0 Å². The minimum atomic E-state index is -0.492. The molecule has 4 heterocycles. The van der Waals surface area contributed by atoms with Crippen molar-refractivity contribution in [2.75, 3.05) is 0 Å². The number of carbonyl (C=O) groups excluding carboxylic acids is 2. The Hall–Kier alpha value is -4.81. The molecule has 2 fully saturated rings. The van der Waals surface area contributed by atoms with Gasteiger partial charge in [-0.2, -0.15) is 4.37 Å². The normalized spacial score (nSPS) is 22.3. The van der Waals surface area contributed by atoms with E-state index in [0.29, 0.717) is 36.2 Å². The van der Waals surface area contributed by atoms with E-state index >= 15 is 0 Å². The molecule has 6 aromatic rings. The van der Waals surface area contributed by atoms with Crippen LogP contribution in [0.1, 0.15) is 62.1 Å². The van der Waals surface area contributed by atoms with Crippen LogP contribution < -0.4 is 20.1 Å². The summed E-state index contributed by atoms with van der Waals surface area (Å²) in [4.78, 5) is 33.6. The van der Waals surface area contributed by atoms with Crippen LogP contribution in [0.5, 0.6) is 11.5 Å². The summed E-state index contributed by atoms with van der Waals surface area (Å²) in [5.41, 5.74) is 4.23. The van der Waals surface area contributed by atoms with Gasteiger partial charge in [0.1, 0.15) is 36.2 Å². The molecule has 0 aliphatic heterocycles. The number of rotatable bonds is 14. The number of aromatic nitrogens is 4. The zero-order valence-corrected chi connectivity index (χ0v) is 30.2. The second kappa shape index (κ2) is 13.1. The monoisotopic (exact) mass is 726 g/mol. The van der Waals surface area contributed by atoms with Crippen LogP contribution in [0, 0.1) is 22.7 Å². The summed E-state index contributed by atoms with van der Waals surface area (Å²) in [5.74, 6) is 2.48. The highest BCUT2D eigenvalue weighted by molar-refractivity contribution is 7.03. The Labute approximate surface area is 303 Å². The van der Waals surface area contributed by atoms with Gasteiger partial charge in [-0.1, -0.05) is 37.5 Å². The number of benzene rings is 2. The first kappa shape index (κ1) is 33.3. The quantitative estimate of drug-likeness (QED) is 0.0912. The minimum absolute atomic E-state index is 0.00920. The van der Waals surface area contributed by atoms with Crippen molar-refractivity contribution in [3.63, 3.8) is 0 Å². The van der Waals surface area contributed by atoms with Crippen molar-refractivity contribution in [2.24, 2.45) is 22.7 Å². The van der Waals surface area contributed by atoms with Gasteiger partial charge < -0.3 is 34.6 Å². The number of carbonyl (C=O) groups is 2. The lowest BCUT2D eigenvalue weighted by Gasteiger charge is -2.15. The Morgan fingerprint density at radius 1 is 0.882 bits per heavy atom. The highest BCUT2D eigenvalue weighted by atomic mass is 35.5. The number of fused-ring (bicyclic) bond motifs is 2. The van der Waals surface area contributed by atoms with Gasteiger partial charge in [0.15, 0.2) is 0 Å². The molecular weight excluding hydrogens is 688 g/mol. The highest BCUT2D eigenvalue weighted by Crippen LogP contribution is 2.70. The van der Waals surface area contributed by atoms with E-state index in [0.717, 1.165) is 69.7 Å². The van der Waals surface area contributed by atoms with Crippen molar-refractivity contribution in [3.8, 4) is 11.5 Å². The number of aryl methyl sites for hydroxylation is 1. The molecule has 0 bridgehead atoms. The zero-order chi connectivity index (χ0) is 35.3. The maximum absolute atomic E-state index is 13.4. The van der Waals surface area contributed by atoms with E-state index in [1.807, 2.05) is 80.7 Å². The molecule has 2 aliphatic carbocycles. The third-order valence-corrected chi connectivity index (χ3v) is 11.5. The number of aromatic amines is 2. The van der Waals surface area contributed by atoms with E-state index in [9.17, 15) is 9.59 Å². The molecule has 2 saturated carbocycles. The van der Waals surface area contributed by atoms with Gasteiger partial charge >= 0.3 is 0 Å². The minimum Gasteiger partial charge on any atom is -0.487 e. The van der Waals surface area contributed by atoms with E-state index < -0.39 is 10.8 Å². The molecule has 2 amide bonds. The molecule has 51 heavy (non-hydrogen) atoms. The average Bonchev–Trinajstić information content (AvgIpc) is 3.58. The van der Waals surface area contributed by atoms with Crippen LogP contribution in [0.4, 0.5) is 0 Å². The Bertz CT molecular complexity index is 2240. The third-order valence-electron chi connectivity index (χ3n) is 10.6. The van der Waals surface area contributed by atoms with E-state index in [1.54, 1.807) is 0 Å². The number of hydrogen-bond donors (Lipinski definition) is 4. The van der Waals surface area contributed by atoms with Crippen LogP contribution in [0.2, 0.25) is 5.02 Å². The van der Waals surface area contributed by atoms with Crippen LogP contribution in [0.15, 0.2) is 64.5 Å². The first-order valence-electron chi connectivity index (χ1n) is 17.2. The zero-order valence-electron chi connectivity index (χ0n) is 28.6. The molecule has 4 atom stereocenters. The van der Waals surface area contributed by atoms with Crippen molar-refractivity contribution < 1.29 is 23.6 Å². The van der Waals surface area contributed by atoms with Gasteiger partial charge in [0, 0.05) is 68.6 Å². The largest absolute Gasteiger partial charge is 0.487 e. The summed E-state index contributed by atoms with van der Waals surface area (Å²) in [6, 6.07) is 17.5. The van der Waals surface area contributed by atoms with Crippen LogP contribution in [0.25, 0.3) is 21.8 Å². The molecule has 0 radical (unpaired) electrons. The average molecular weight is 727 g/mol. The highest BCUT2D eigenvalue weighted by Gasteiger charge is 2.70. The predicted molar refractivity (Wildman–Crippen MR) is 194 cm³/mol. The number of amides is 2. The van der Waals surface area contributed by atoms with Gasteiger partial charge in [-0.3, -0.25) is 9.59 Å². The third kappa shape index (κ3) is 6.70. The fraction of sp³-hybridized carbons (Fsp3) is 0.368. The molecule has 4 N–H and O–H groups in total. The Balaban J connectivity index is 0.820. The second-order valence-corrected chi connectivity index (χ2v) is 15.3. The molecule has 4 unspecified atom stereocenters. The molecule has 4 aromatic heterocycles. The molecule has 2 aromatic carbocycles. The first-order valence-corrected chi connectivity index (χ1v) is 18.4. The van der Waals surface area contributed by atoms with Crippen molar-refractivity contribution in [2.45, 2.75) is 66.3 Å². The fourth-order valence-electron chi connectivity index (χ4n) is 7.21. The van der Waals surface area contributed by atoms with E-state index in [1.165, 1.54) is 11.5 Å². The summed E-state index contributed by atoms with van der Waals surface area (Å²) in [6.45, 7) is 7.45. The Kier molecular flexibility index (Phi) is 8.54. The molecule has 11 nitrogen and oxygen atoms in total. The van der Waals surface area contributed by atoms with Crippen molar-refractivity contribution >= 4 is 56.8 Å². The lowest BCUT2D eigenvalue weighted by molar-refractivity contribution is -0.128. The lowest BCUT2D eigenvalue weighted by atomic mass is 9.97. The number of hydrogen-bond acceptors (Lipinski definition) is 8. The van der Waals surface area contributed by atoms with E-state index in [-0.39, 0.29) is 30.3 Å². The maximum Gasteiger partial charge on any atom is 0.226 e. The summed E-state index contributed by atoms with van der Waals surface area (Å²) in [6.07, 6.45) is 2.32. The number of nitrogens with zero attached hydrogens (tertiary/aromatic N) is 2. The van der Waals surface area contributed by atoms with Gasteiger partial charge in [0.05, 0.1) is 23.8 Å². The first-order chi connectivity index (χ1) is 24.6. The van der Waals surface area contributed by atoms with Crippen LogP contribution in [-0.4, -0.2) is 31.3 Å². The number of nitrogens with one attached hydrogen (secondary N) is 4. The van der Waals surface area contributed by atoms with E-state index in [2.05, 4.69) is 30.1 Å². The van der Waals surface area contributed by atoms with E-state index in [4.69, 9.17) is 25.6 Å². The lowest BCUT2D eigenvalue weighted by Crippen LogP contribution is -2.33. The van der Waals surface area contributed by atoms with Crippen molar-refractivity contribution in [1.29, 1.82) is 0 Å². The topological polar surface area (TPSA) is 147 Å². The maximum atomic E-state index is 13.4. The SMILES string of the molecule is CCc1cc(COc2cc3[nH]c(CNC(=O)C4(C)CC4C4CC4(C)C(=O)NCc4cc5ccc(OCc6ccsn6)cc5[nH]4)cc3cc2Cl)no1. The molecule has 0 saturated heterocycles. The van der Waals surface area contributed by atoms with Crippen LogP contribution in [-0.2, 0) is 42.3 Å². The molecule has 2 aliphatic rings.